The lowest BCUT2D eigenvalue weighted by molar-refractivity contribution is 0.0997. The smallest absolute Gasteiger partial charge is 0.253 e. The number of rotatable bonds is 5. The Morgan fingerprint density at radius 2 is 2.35 bits per heavy atom. The van der Waals surface area contributed by atoms with Crippen LogP contribution < -0.4 is 16.0 Å². The number of nitrogens with zero attached hydrogens (tertiary/aromatic N) is 1. The fourth-order valence-corrected chi connectivity index (χ4v) is 2.84. The summed E-state index contributed by atoms with van der Waals surface area (Å²) in [5.41, 5.74) is 5.98. The number of carbonyl (C=O) groups excluding carboxylic acids is 1. The second-order valence-electron chi connectivity index (χ2n) is 5.19. The number of hydrogen-bond acceptors (Lipinski definition) is 3. The lowest BCUT2D eigenvalue weighted by atomic mass is 10.0. The summed E-state index contributed by atoms with van der Waals surface area (Å²) in [4.78, 5) is 13.7. The molecule has 1 heterocycles. The highest BCUT2D eigenvalue weighted by atomic mass is 19.1. The van der Waals surface area contributed by atoms with Crippen LogP contribution in [0.15, 0.2) is 18.2 Å². The number of piperidine rings is 1. The minimum absolute atomic E-state index is 0.00604. The number of primary amides is 1. The molecule has 4 nitrogen and oxygen atoms in total. The van der Waals surface area contributed by atoms with E-state index in [1.165, 1.54) is 6.07 Å². The zero-order valence-corrected chi connectivity index (χ0v) is 11.9. The Balaban J connectivity index is 2.38. The molecule has 0 spiro atoms. The van der Waals surface area contributed by atoms with Gasteiger partial charge in [0.15, 0.2) is 0 Å². The molecule has 5 heteroatoms. The van der Waals surface area contributed by atoms with E-state index < -0.39 is 11.7 Å². The van der Waals surface area contributed by atoms with Gasteiger partial charge in [-0.15, -0.1) is 0 Å². The third-order valence-electron chi connectivity index (χ3n) is 3.72. The standard InChI is InChI=1S/C15H22FN3O/c1-2-9-19(11-5-4-8-18-10-11)13-7-3-6-12(16)14(13)15(17)20/h3,6-7,11,18H,2,4-5,8-10H2,1H3,(H2,17,20). The van der Waals surface area contributed by atoms with E-state index in [1.807, 2.05) is 0 Å². The van der Waals surface area contributed by atoms with Crippen molar-refractivity contribution in [2.75, 3.05) is 24.5 Å². The normalized spacial score (nSPS) is 18.8. The van der Waals surface area contributed by atoms with Crippen molar-refractivity contribution >= 4 is 11.6 Å². The average molecular weight is 279 g/mol. The van der Waals surface area contributed by atoms with E-state index in [9.17, 15) is 9.18 Å². The fraction of sp³-hybridized carbons (Fsp3) is 0.533. The van der Waals surface area contributed by atoms with Gasteiger partial charge in [0, 0.05) is 19.1 Å². The lowest BCUT2D eigenvalue weighted by Crippen LogP contribution is -2.47. The molecule has 1 aromatic rings. The Bertz CT molecular complexity index is 472. The van der Waals surface area contributed by atoms with Gasteiger partial charge >= 0.3 is 0 Å². The highest BCUT2D eigenvalue weighted by Gasteiger charge is 2.25. The average Bonchev–Trinajstić information content (AvgIpc) is 2.45. The molecular formula is C15H22FN3O. The Hall–Kier alpha value is -1.62. The van der Waals surface area contributed by atoms with Crippen LogP contribution in [0.3, 0.4) is 0 Å². The van der Waals surface area contributed by atoms with Gasteiger partial charge in [-0.25, -0.2) is 4.39 Å². The first-order valence-corrected chi connectivity index (χ1v) is 7.20. The van der Waals surface area contributed by atoms with Gasteiger partial charge in [0.05, 0.1) is 11.3 Å². The predicted molar refractivity (Wildman–Crippen MR) is 78.4 cm³/mol. The Kier molecular flexibility index (Phi) is 4.95. The largest absolute Gasteiger partial charge is 0.367 e. The van der Waals surface area contributed by atoms with Gasteiger partial charge in [0.1, 0.15) is 5.82 Å². The molecule has 1 aliphatic rings. The van der Waals surface area contributed by atoms with E-state index in [-0.39, 0.29) is 11.6 Å². The van der Waals surface area contributed by atoms with E-state index in [1.54, 1.807) is 12.1 Å². The van der Waals surface area contributed by atoms with Gasteiger partial charge < -0.3 is 16.0 Å². The van der Waals surface area contributed by atoms with Crippen LogP contribution in [-0.2, 0) is 0 Å². The summed E-state index contributed by atoms with van der Waals surface area (Å²) in [6.07, 6.45) is 3.07. The van der Waals surface area contributed by atoms with Crippen molar-refractivity contribution in [3.05, 3.63) is 29.6 Å². The Morgan fingerprint density at radius 1 is 1.55 bits per heavy atom. The van der Waals surface area contributed by atoms with E-state index in [4.69, 9.17) is 5.73 Å². The summed E-state index contributed by atoms with van der Waals surface area (Å²) >= 11 is 0. The molecule has 0 bridgehead atoms. The molecule has 1 saturated heterocycles. The molecule has 0 aliphatic carbocycles. The SMILES string of the molecule is CCCN(c1cccc(F)c1C(N)=O)C1CCCNC1. The van der Waals surface area contributed by atoms with Gasteiger partial charge in [-0.2, -0.15) is 0 Å². The number of carbonyl (C=O) groups is 1. The summed E-state index contributed by atoms with van der Waals surface area (Å²) < 4.78 is 13.9. The molecular weight excluding hydrogens is 257 g/mol. The van der Waals surface area contributed by atoms with Crippen molar-refractivity contribution in [1.82, 2.24) is 5.32 Å². The van der Waals surface area contributed by atoms with Crippen LogP contribution in [0.2, 0.25) is 0 Å². The topological polar surface area (TPSA) is 58.4 Å². The second kappa shape index (κ2) is 6.70. The molecule has 1 unspecified atom stereocenters. The van der Waals surface area contributed by atoms with Gasteiger partial charge in [0.25, 0.3) is 5.91 Å². The molecule has 0 saturated carbocycles. The van der Waals surface area contributed by atoms with E-state index in [0.717, 1.165) is 38.9 Å². The van der Waals surface area contributed by atoms with Crippen LogP contribution >= 0.6 is 0 Å². The molecule has 0 radical (unpaired) electrons. The van der Waals surface area contributed by atoms with Crippen molar-refractivity contribution in [2.45, 2.75) is 32.2 Å². The summed E-state index contributed by atoms with van der Waals surface area (Å²) in [6.45, 7) is 4.74. The summed E-state index contributed by atoms with van der Waals surface area (Å²) in [5.74, 6) is -1.25. The van der Waals surface area contributed by atoms with Crippen LogP contribution in [0.1, 0.15) is 36.5 Å². The molecule has 1 aromatic carbocycles. The van der Waals surface area contributed by atoms with Crippen LogP contribution in [0.4, 0.5) is 10.1 Å². The molecule has 110 valence electrons. The zero-order chi connectivity index (χ0) is 14.5. The number of nitrogens with one attached hydrogen (secondary N) is 1. The molecule has 1 amide bonds. The molecule has 2 rings (SSSR count). The van der Waals surface area contributed by atoms with Gasteiger partial charge in [-0.05, 0) is 37.9 Å². The van der Waals surface area contributed by atoms with Crippen molar-refractivity contribution in [1.29, 1.82) is 0 Å². The molecule has 1 aliphatic heterocycles. The first-order chi connectivity index (χ1) is 9.65. The quantitative estimate of drug-likeness (QED) is 0.865. The van der Waals surface area contributed by atoms with E-state index in [0.29, 0.717) is 5.69 Å². The number of hydrogen-bond donors (Lipinski definition) is 2. The summed E-state index contributed by atoms with van der Waals surface area (Å²) in [7, 11) is 0. The predicted octanol–water partition coefficient (Wildman–Crippen LogP) is 1.89. The minimum atomic E-state index is -0.706. The van der Waals surface area contributed by atoms with E-state index in [2.05, 4.69) is 17.1 Å². The van der Waals surface area contributed by atoms with Crippen molar-refractivity contribution in [3.8, 4) is 0 Å². The second-order valence-corrected chi connectivity index (χ2v) is 5.19. The maximum Gasteiger partial charge on any atom is 0.253 e. The zero-order valence-electron chi connectivity index (χ0n) is 11.9. The molecule has 0 aromatic heterocycles. The Labute approximate surface area is 119 Å². The summed E-state index contributed by atoms with van der Waals surface area (Å²) in [6, 6.07) is 4.99. The number of benzene rings is 1. The van der Waals surface area contributed by atoms with Gasteiger partial charge in [-0.1, -0.05) is 13.0 Å². The van der Waals surface area contributed by atoms with Crippen molar-refractivity contribution in [2.24, 2.45) is 5.73 Å². The first kappa shape index (κ1) is 14.8. The third-order valence-corrected chi connectivity index (χ3v) is 3.72. The first-order valence-electron chi connectivity index (χ1n) is 7.20. The third kappa shape index (κ3) is 3.10. The monoisotopic (exact) mass is 279 g/mol. The highest BCUT2D eigenvalue weighted by Crippen LogP contribution is 2.27. The van der Waals surface area contributed by atoms with Crippen LogP contribution in [-0.4, -0.2) is 31.6 Å². The maximum absolute atomic E-state index is 13.9. The molecule has 3 N–H and O–H groups in total. The van der Waals surface area contributed by atoms with Gasteiger partial charge in [-0.3, -0.25) is 4.79 Å². The van der Waals surface area contributed by atoms with Crippen molar-refractivity contribution < 1.29 is 9.18 Å². The summed E-state index contributed by atoms with van der Waals surface area (Å²) in [5, 5.41) is 3.36. The number of amides is 1. The fourth-order valence-electron chi connectivity index (χ4n) is 2.84. The number of anilines is 1. The van der Waals surface area contributed by atoms with Crippen LogP contribution in [0.25, 0.3) is 0 Å². The minimum Gasteiger partial charge on any atom is -0.367 e. The highest BCUT2D eigenvalue weighted by molar-refractivity contribution is 5.99. The maximum atomic E-state index is 13.9. The Morgan fingerprint density at radius 3 is 2.95 bits per heavy atom. The molecule has 1 atom stereocenters. The molecule has 20 heavy (non-hydrogen) atoms. The lowest BCUT2D eigenvalue weighted by Gasteiger charge is -2.37. The number of halogens is 1. The van der Waals surface area contributed by atoms with Gasteiger partial charge in [0.2, 0.25) is 0 Å². The molecule has 1 fully saturated rings. The van der Waals surface area contributed by atoms with Crippen molar-refractivity contribution in [3.63, 3.8) is 0 Å². The van der Waals surface area contributed by atoms with E-state index >= 15 is 0 Å². The van der Waals surface area contributed by atoms with Crippen LogP contribution in [0.5, 0.6) is 0 Å². The van der Waals surface area contributed by atoms with Crippen LogP contribution in [0, 0.1) is 5.82 Å². The number of nitrogens with two attached hydrogens (primary N) is 1.